The Hall–Kier alpha value is -2.71. The van der Waals surface area contributed by atoms with Crippen molar-refractivity contribution in [3.05, 3.63) is 47.7 Å². The SMILES string of the molecule is O=C(NCC1CC1)c1cc(N2CCOCC2)nc(N2CCNC(c3ccccc3)C2)n1. The fraction of sp³-hybridized carbons (Fsp3) is 0.522. The van der Waals surface area contributed by atoms with Gasteiger partial charge in [-0.3, -0.25) is 4.79 Å². The number of aromatic nitrogens is 2. The van der Waals surface area contributed by atoms with Gasteiger partial charge in [-0.05, 0) is 24.3 Å². The number of hydrogen-bond acceptors (Lipinski definition) is 7. The number of nitrogens with zero attached hydrogens (tertiary/aromatic N) is 4. The van der Waals surface area contributed by atoms with E-state index in [0.29, 0.717) is 30.8 Å². The molecule has 1 aliphatic carbocycles. The van der Waals surface area contributed by atoms with Crippen LogP contribution >= 0.6 is 0 Å². The van der Waals surface area contributed by atoms with Crippen molar-refractivity contribution in [2.75, 3.05) is 62.3 Å². The third kappa shape index (κ3) is 4.97. The van der Waals surface area contributed by atoms with Gasteiger partial charge in [0.25, 0.3) is 5.91 Å². The van der Waals surface area contributed by atoms with Gasteiger partial charge in [-0.1, -0.05) is 30.3 Å². The van der Waals surface area contributed by atoms with Crippen molar-refractivity contribution in [2.45, 2.75) is 18.9 Å². The van der Waals surface area contributed by atoms with Crippen molar-refractivity contribution < 1.29 is 9.53 Å². The first-order valence-electron chi connectivity index (χ1n) is 11.3. The molecule has 8 nitrogen and oxygen atoms in total. The summed E-state index contributed by atoms with van der Waals surface area (Å²) in [6.07, 6.45) is 2.41. The van der Waals surface area contributed by atoms with E-state index in [1.54, 1.807) is 0 Å². The van der Waals surface area contributed by atoms with Crippen LogP contribution in [-0.2, 0) is 4.74 Å². The minimum absolute atomic E-state index is 0.111. The number of carbonyl (C=O) groups excluding carboxylic acids is 1. The normalized spacial score (nSPS) is 21.7. The van der Waals surface area contributed by atoms with Gasteiger partial charge in [0.05, 0.1) is 13.2 Å². The van der Waals surface area contributed by atoms with Gasteiger partial charge in [0.2, 0.25) is 5.95 Å². The van der Waals surface area contributed by atoms with Crippen LogP contribution in [0.5, 0.6) is 0 Å². The van der Waals surface area contributed by atoms with Crippen LogP contribution in [0, 0.1) is 5.92 Å². The van der Waals surface area contributed by atoms with Crippen molar-refractivity contribution in [1.82, 2.24) is 20.6 Å². The molecule has 8 heteroatoms. The molecule has 0 spiro atoms. The fourth-order valence-corrected chi connectivity index (χ4v) is 4.12. The minimum Gasteiger partial charge on any atom is -0.378 e. The average Bonchev–Trinajstić information content (AvgIpc) is 3.68. The second-order valence-corrected chi connectivity index (χ2v) is 8.53. The molecule has 0 bridgehead atoms. The molecule has 164 valence electrons. The van der Waals surface area contributed by atoms with Crippen molar-refractivity contribution in [2.24, 2.45) is 5.92 Å². The number of anilines is 2. The Bertz CT molecular complexity index is 898. The Labute approximate surface area is 183 Å². The number of carbonyl (C=O) groups is 1. The molecule has 1 atom stereocenters. The quantitative estimate of drug-likeness (QED) is 0.732. The number of ether oxygens (including phenoxy) is 1. The number of benzene rings is 1. The smallest absolute Gasteiger partial charge is 0.270 e. The lowest BCUT2D eigenvalue weighted by molar-refractivity contribution is 0.0946. The predicted molar refractivity (Wildman–Crippen MR) is 120 cm³/mol. The second-order valence-electron chi connectivity index (χ2n) is 8.53. The van der Waals surface area contributed by atoms with Crippen LogP contribution in [0.2, 0.25) is 0 Å². The molecule has 31 heavy (non-hydrogen) atoms. The third-order valence-corrected chi connectivity index (χ3v) is 6.18. The zero-order valence-corrected chi connectivity index (χ0v) is 17.8. The Morgan fingerprint density at radius 3 is 2.68 bits per heavy atom. The third-order valence-electron chi connectivity index (χ3n) is 6.18. The second kappa shape index (κ2) is 9.20. The lowest BCUT2D eigenvalue weighted by atomic mass is 10.0. The van der Waals surface area contributed by atoms with E-state index < -0.39 is 0 Å². The lowest BCUT2D eigenvalue weighted by Gasteiger charge is -2.35. The van der Waals surface area contributed by atoms with Gasteiger partial charge in [0.15, 0.2) is 0 Å². The highest BCUT2D eigenvalue weighted by molar-refractivity contribution is 5.93. The van der Waals surface area contributed by atoms with Crippen LogP contribution in [0.25, 0.3) is 0 Å². The van der Waals surface area contributed by atoms with Gasteiger partial charge in [-0.2, -0.15) is 4.98 Å². The summed E-state index contributed by atoms with van der Waals surface area (Å²) in [4.78, 5) is 26.8. The summed E-state index contributed by atoms with van der Waals surface area (Å²) in [6.45, 7) is 6.03. The van der Waals surface area contributed by atoms with Crippen LogP contribution in [0.3, 0.4) is 0 Å². The Morgan fingerprint density at radius 2 is 1.90 bits per heavy atom. The first-order chi connectivity index (χ1) is 15.3. The molecule has 1 unspecified atom stereocenters. The van der Waals surface area contributed by atoms with Crippen LogP contribution in [-0.4, -0.2) is 68.4 Å². The zero-order chi connectivity index (χ0) is 21.0. The molecule has 2 N–H and O–H groups in total. The van der Waals surface area contributed by atoms with Gasteiger partial charge >= 0.3 is 0 Å². The molecule has 2 aromatic rings. The maximum atomic E-state index is 12.9. The summed E-state index contributed by atoms with van der Waals surface area (Å²) in [5, 5.41) is 6.64. The molecule has 1 aromatic carbocycles. The summed E-state index contributed by atoms with van der Waals surface area (Å²) in [5.74, 6) is 1.95. The maximum Gasteiger partial charge on any atom is 0.270 e. The van der Waals surface area contributed by atoms with E-state index in [9.17, 15) is 4.79 Å². The molecular weight excluding hydrogens is 392 g/mol. The summed E-state index contributed by atoms with van der Waals surface area (Å²) >= 11 is 0. The lowest BCUT2D eigenvalue weighted by Crippen LogP contribution is -2.47. The largest absolute Gasteiger partial charge is 0.378 e. The predicted octanol–water partition coefficient (Wildman–Crippen LogP) is 1.60. The number of piperazine rings is 1. The molecule has 3 heterocycles. The van der Waals surface area contributed by atoms with Gasteiger partial charge in [0.1, 0.15) is 11.5 Å². The zero-order valence-electron chi connectivity index (χ0n) is 17.8. The van der Waals surface area contributed by atoms with Crippen LogP contribution in [0.1, 0.15) is 34.9 Å². The van der Waals surface area contributed by atoms with E-state index in [4.69, 9.17) is 14.7 Å². The van der Waals surface area contributed by atoms with Crippen molar-refractivity contribution in [1.29, 1.82) is 0 Å². The number of amides is 1. The average molecular weight is 423 g/mol. The van der Waals surface area contributed by atoms with Crippen molar-refractivity contribution in [3.8, 4) is 0 Å². The van der Waals surface area contributed by atoms with E-state index in [1.807, 2.05) is 12.1 Å². The van der Waals surface area contributed by atoms with Crippen molar-refractivity contribution >= 4 is 17.7 Å². The number of morpholine rings is 1. The minimum atomic E-state index is -0.111. The number of hydrogen-bond donors (Lipinski definition) is 2. The van der Waals surface area contributed by atoms with Gasteiger partial charge in [0, 0.05) is 51.4 Å². The monoisotopic (exact) mass is 422 g/mol. The van der Waals surface area contributed by atoms with E-state index in [0.717, 1.165) is 45.1 Å². The molecule has 5 rings (SSSR count). The summed E-state index contributed by atoms with van der Waals surface area (Å²) in [6, 6.07) is 12.5. The molecule has 3 aliphatic rings. The highest BCUT2D eigenvalue weighted by Gasteiger charge is 2.26. The first kappa shape index (κ1) is 20.2. The Morgan fingerprint density at radius 1 is 1.10 bits per heavy atom. The van der Waals surface area contributed by atoms with E-state index in [1.165, 1.54) is 18.4 Å². The molecule has 2 saturated heterocycles. The van der Waals surface area contributed by atoms with E-state index in [2.05, 4.69) is 44.7 Å². The van der Waals surface area contributed by atoms with E-state index in [-0.39, 0.29) is 11.9 Å². The first-order valence-corrected chi connectivity index (χ1v) is 11.3. The van der Waals surface area contributed by atoms with Gasteiger partial charge < -0.3 is 25.2 Å². The number of rotatable bonds is 6. The highest BCUT2D eigenvalue weighted by atomic mass is 16.5. The Kier molecular flexibility index (Phi) is 5.99. The summed E-state index contributed by atoms with van der Waals surface area (Å²) in [7, 11) is 0. The Balaban J connectivity index is 1.40. The summed E-state index contributed by atoms with van der Waals surface area (Å²) < 4.78 is 5.50. The molecule has 1 amide bonds. The van der Waals surface area contributed by atoms with Crippen LogP contribution < -0.4 is 20.4 Å². The van der Waals surface area contributed by atoms with Crippen molar-refractivity contribution in [3.63, 3.8) is 0 Å². The number of nitrogens with one attached hydrogen (secondary N) is 2. The maximum absolute atomic E-state index is 12.9. The topological polar surface area (TPSA) is 82.6 Å². The highest BCUT2D eigenvalue weighted by Crippen LogP contribution is 2.28. The summed E-state index contributed by atoms with van der Waals surface area (Å²) in [5.41, 5.74) is 1.70. The van der Waals surface area contributed by atoms with E-state index >= 15 is 0 Å². The molecule has 3 fully saturated rings. The molecule has 1 aromatic heterocycles. The molecular formula is C23H30N6O2. The standard InChI is InChI=1S/C23H30N6O2/c30-22(25-15-17-6-7-17)19-14-21(28-10-12-31-13-11-28)27-23(26-19)29-9-8-24-20(16-29)18-4-2-1-3-5-18/h1-5,14,17,20,24H,6-13,15-16H2,(H,25,30). The molecule has 0 radical (unpaired) electrons. The molecule has 2 aliphatic heterocycles. The van der Waals surface area contributed by atoms with Gasteiger partial charge in [-0.15, -0.1) is 0 Å². The van der Waals surface area contributed by atoms with Gasteiger partial charge in [-0.25, -0.2) is 4.98 Å². The van der Waals surface area contributed by atoms with Crippen LogP contribution in [0.15, 0.2) is 36.4 Å². The fourth-order valence-electron chi connectivity index (χ4n) is 4.12. The van der Waals surface area contributed by atoms with Crippen LogP contribution in [0.4, 0.5) is 11.8 Å². The molecule has 1 saturated carbocycles.